The van der Waals surface area contributed by atoms with Gasteiger partial charge in [-0.3, -0.25) is 25.5 Å². The highest BCUT2D eigenvalue weighted by atomic mass is 16.6. The number of imide groups is 1. The van der Waals surface area contributed by atoms with Gasteiger partial charge >= 0.3 is 6.09 Å². The summed E-state index contributed by atoms with van der Waals surface area (Å²) in [6.45, 7) is 10.6. The van der Waals surface area contributed by atoms with Gasteiger partial charge in [-0.05, 0) is 45.7 Å². The Labute approximate surface area is 168 Å². The number of nitrogens with one attached hydrogen (secondary N) is 2. The van der Waals surface area contributed by atoms with Crippen LogP contribution in [0.5, 0.6) is 0 Å². The molecule has 29 heavy (non-hydrogen) atoms. The van der Waals surface area contributed by atoms with E-state index in [0.717, 1.165) is 0 Å². The number of furan rings is 1. The number of amides is 2. The van der Waals surface area contributed by atoms with Gasteiger partial charge in [0.05, 0.1) is 17.0 Å². The van der Waals surface area contributed by atoms with Crippen molar-refractivity contribution in [1.29, 1.82) is 0 Å². The maximum atomic E-state index is 12.6. The molecule has 1 heterocycles. The third-order valence-corrected chi connectivity index (χ3v) is 4.16. The largest absolute Gasteiger partial charge is 0.459 e. The van der Waals surface area contributed by atoms with Crippen molar-refractivity contribution < 1.29 is 23.7 Å². The molecule has 0 aliphatic rings. The topological polar surface area (TPSA) is 124 Å². The van der Waals surface area contributed by atoms with Crippen molar-refractivity contribution in [2.75, 3.05) is 0 Å². The molecule has 0 saturated carbocycles. The molecule has 1 aromatic carbocycles. The maximum Gasteiger partial charge on any atom is 0.414 e. The summed E-state index contributed by atoms with van der Waals surface area (Å²) in [5.41, 5.74) is -0.226. The number of hydrogen-bond acceptors (Lipinski definition) is 7. The van der Waals surface area contributed by atoms with Gasteiger partial charge in [0.25, 0.3) is 5.69 Å². The number of ether oxygens (including phenoxy) is 1. The van der Waals surface area contributed by atoms with Gasteiger partial charge in [-0.1, -0.05) is 13.8 Å². The van der Waals surface area contributed by atoms with E-state index >= 15 is 0 Å². The van der Waals surface area contributed by atoms with Crippen LogP contribution in [0.15, 0.2) is 28.7 Å². The molecule has 0 fully saturated rings. The van der Waals surface area contributed by atoms with Crippen molar-refractivity contribution in [2.24, 2.45) is 5.92 Å². The van der Waals surface area contributed by atoms with Crippen molar-refractivity contribution in [1.82, 2.24) is 10.6 Å². The second-order valence-corrected chi connectivity index (χ2v) is 8.23. The van der Waals surface area contributed by atoms with E-state index in [4.69, 9.17) is 9.15 Å². The van der Waals surface area contributed by atoms with E-state index in [2.05, 4.69) is 10.6 Å². The third-order valence-electron chi connectivity index (χ3n) is 4.16. The number of carbonyl (C=O) groups is 2. The summed E-state index contributed by atoms with van der Waals surface area (Å²) in [6, 6.07) is 4.99. The summed E-state index contributed by atoms with van der Waals surface area (Å²) < 4.78 is 10.9. The van der Waals surface area contributed by atoms with Gasteiger partial charge in [-0.25, -0.2) is 4.79 Å². The van der Waals surface area contributed by atoms with E-state index in [1.165, 1.54) is 12.1 Å². The number of nitro groups is 1. The highest BCUT2D eigenvalue weighted by molar-refractivity contribution is 5.95. The van der Waals surface area contributed by atoms with Crippen molar-refractivity contribution in [3.05, 3.63) is 40.1 Å². The van der Waals surface area contributed by atoms with Crippen LogP contribution in [0.4, 0.5) is 10.5 Å². The fourth-order valence-corrected chi connectivity index (χ4v) is 2.78. The molecule has 0 aliphatic carbocycles. The van der Waals surface area contributed by atoms with Crippen LogP contribution in [-0.4, -0.2) is 28.6 Å². The van der Waals surface area contributed by atoms with Crippen LogP contribution in [0.25, 0.3) is 11.0 Å². The average Bonchev–Trinajstić information content (AvgIpc) is 3.00. The summed E-state index contributed by atoms with van der Waals surface area (Å²) in [5.74, 6) is -0.102. The fraction of sp³-hybridized carbons (Fsp3) is 0.500. The molecular weight excluding hydrogens is 378 g/mol. The average molecular weight is 405 g/mol. The molecule has 0 radical (unpaired) electrons. The molecule has 158 valence electrons. The number of nitro benzene ring substituents is 1. The molecule has 2 rings (SSSR count). The van der Waals surface area contributed by atoms with Gasteiger partial charge in [0.1, 0.15) is 16.9 Å². The number of hydrogen-bond donors (Lipinski definition) is 2. The molecule has 0 aliphatic heterocycles. The van der Waals surface area contributed by atoms with E-state index in [9.17, 15) is 19.7 Å². The van der Waals surface area contributed by atoms with Gasteiger partial charge in [0, 0.05) is 17.5 Å². The second-order valence-electron chi connectivity index (χ2n) is 8.23. The molecule has 2 N–H and O–H groups in total. The summed E-state index contributed by atoms with van der Waals surface area (Å²) in [5, 5.41) is 16.9. The Balaban J connectivity index is 2.13. The molecular formula is C20H27N3O6. The van der Waals surface area contributed by atoms with Crippen LogP contribution >= 0.6 is 0 Å². The Morgan fingerprint density at radius 1 is 1.17 bits per heavy atom. The number of alkyl carbamates (subject to hydrolysis) is 1. The molecule has 2 amide bonds. The Morgan fingerprint density at radius 3 is 2.38 bits per heavy atom. The minimum atomic E-state index is -0.807. The lowest BCUT2D eigenvalue weighted by atomic mass is 10.0. The number of rotatable bonds is 6. The highest BCUT2D eigenvalue weighted by Crippen LogP contribution is 2.27. The summed E-state index contributed by atoms with van der Waals surface area (Å²) in [4.78, 5) is 34.9. The zero-order valence-electron chi connectivity index (χ0n) is 17.4. The predicted octanol–water partition coefficient (Wildman–Crippen LogP) is 4.07. The van der Waals surface area contributed by atoms with E-state index < -0.39 is 28.6 Å². The smallest absolute Gasteiger partial charge is 0.414 e. The number of fused-ring (bicyclic) bond motifs is 1. The van der Waals surface area contributed by atoms with Gasteiger partial charge in [-0.15, -0.1) is 0 Å². The number of carbonyl (C=O) groups excluding carboxylic acids is 2. The molecule has 2 aromatic rings. The minimum absolute atomic E-state index is 0.0257. The fourth-order valence-electron chi connectivity index (χ4n) is 2.78. The predicted molar refractivity (Wildman–Crippen MR) is 107 cm³/mol. The first-order valence-corrected chi connectivity index (χ1v) is 9.35. The Bertz CT molecular complexity index is 913. The molecule has 9 nitrogen and oxygen atoms in total. The maximum absolute atomic E-state index is 12.6. The van der Waals surface area contributed by atoms with Gasteiger partial charge in [0.15, 0.2) is 0 Å². The monoisotopic (exact) mass is 405 g/mol. The van der Waals surface area contributed by atoms with Crippen LogP contribution in [0.1, 0.15) is 53.3 Å². The van der Waals surface area contributed by atoms with Crippen molar-refractivity contribution >= 4 is 28.7 Å². The lowest BCUT2D eigenvalue weighted by Crippen LogP contribution is -2.50. The first-order valence-electron chi connectivity index (χ1n) is 9.35. The normalized spacial score (nSPS) is 13.9. The molecule has 1 aromatic heterocycles. The van der Waals surface area contributed by atoms with Crippen LogP contribution in [0.2, 0.25) is 0 Å². The number of non-ortho nitro benzene ring substituents is 1. The van der Waals surface area contributed by atoms with E-state index in [1.54, 1.807) is 32.9 Å². The van der Waals surface area contributed by atoms with Crippen LogP contribution in [0.3, 0.4) is 0 Å². The standard InChI is InChI=1S/C20H27N3O6/c1-11(2)17(18(24)22-19(25)29-20(4,5)6)21-12(3)16-10-13-9-14(23(26)27)7-8-15(13)28-16/h7-12,17,21H,1-6H3,(H,22,24,25)/t12?,17-/m0/s1. The molecule has 2 atom stereocenters. The Hall–Kier alpha value is -2.94. The zero-order valence-corrected chi connectivity index (χ0v) is 17.4. The Morgan fingerprint density at radius 2 is 1.83 bits per heavy atom. The summed E-state index contributed by atoms with van der Waals surface area (Å²) in [7, 11) is 0. The molecule has 1 unspecified atom stereocenters. The SMILES string of the molecule is CC(N[C@H](C(=O)NC(=O)OC(C)(C)C)C(C)C)c1cc2cc([N+](=O)[O-])ccc2o1. The van der Waals surface area contributed by atoms with Crippen molar-refractivity contribution in [3.8, 4) is 0 Å². The zero-order chi connectivity index (χ0) is 21.9. The first kappa shape index (κ1) is 22.4. The molecule has 0 saturated heterocycles. The number of benzene rings is 1. The quantitative estimate of drug-likeness (QED) is 0.548. The van der Waals surface area contributed by atoms with Crippen LogP contribution in [-0.2, 0) is 9.53 Å². The lowest BCUT2D eigenvalue weighted by molar-refractivity contribution is -0.384. The molecule has 9 heteroatoms. The first-order chi connectivity index (χ1) is 13.4. The van der Waals surface area contributed by atoms with Crippen molar-refractivity contribution in [3.63, 3.8) is 0 Å². The highest BCUT2D eigenvalue weighted by Gasteiger charge is 2.28. The number of nitrogens with zero attached hydrogens (tertiary/aromatic N) is 1. The Kier molecular flexibility index (Phi) is 6.63. The second kappa shape index (κ2) is 8.60. The van der Waals surface area contributed by atoms with E-state index in [-0.39, 0.29) is 17.6 Å². The van der Waals surface area contributed by atoms with Crippen LogP contribution in [0, 0.1) is 16.0 Å². The molecule has 0 bridgehead atoms. The molecule has 0 spiro atoms. The van der Waals surface area contributed by atoms with E-state index in [1.807, 2.05) is 20.8 Å². The summed E-state index contributed by atoms with van der Waals surface area (Å²) >= 11 is 0. The minimum Gasteiger partial charge on any atom is -0.459 e. The lowest BCUT2D eigenvalue weighted by Gasteiger charge is -2.25. The van der Waals surface area contributed by atoms with E-state index in [0.29, 0.717) is 16.7 Å². The van der Waals surface area contributed by atoms with Gasteiger partial charge < -0.3 is 9.15 Å². The summed E-state index contributed by atoms with van der Waals surface area (Å²) in [6.07, 6.45) is -0.807. The van der Waals surface area contributed by atoms with Crippen LogP contribution < -0.4 is 10.6 Å². The van der Waals surface area contributed by atoms with Crippen molar-refractivity contribution in [2.45, 2.75) is 59.2 Å². The van der Waals surface area contributed by atoms with Gasteiger partial charge in [-0.2, -0.15) is 0 Å². The van der Waals surface area contributed by atoms with Gasteiger partial charge in [0.2, 0.25) is 5.91 Å². The third kappa shape index (κ3) is 6.02.